The topological polar surface area (TPSA) is 78.4 Å². The van der Waals surface area contributed by atoms with Gasteiger partial charge in [-0.25, -0.2) is 4.79 Å². The minimum Gasteiger partial charge on any atom is -0.439 e. The molecule has 0 aliphatic rings. The highest BCUT2D eigenvalue weighted by atomic mass is 35.5. The summed E-state index contributed by atoms with van der Waals surface area (Å²) in [6, 6.07) is 13.8. The summed E-state index contributed by atoms with van der Waals surface area (Å²) in [5, 5.41) is 10.3. The zero-order valence-electron chi connectivity index (χ0n) is 17.6. The van der Waals surface area contributed by atoms with E-state index in [9.17, 15) is 14.7 Å². The second-order valence-corrected chi connectivity index (χ2v) is 8.68. The van der Waals surface area contributed by atoms with E-state index in [0.717, 1.165) is 10.1 Å². The SMILES string of the molecule is Cn1c(=O)n(CCCO)c(=O)c2c1cc(Oc1cccc(Cl)c1Cl)n2Cc1ccc(Cl)cc1. The number of aliphatic hydroxyl groups is 1. The molecular formula is C23H20Cl3N3O4. The van der Waals surface area contributed by atoms with Gasteiger partial charge in [0, 0.05) is 31.3 Å². The molecule has 0 amide bonds. The minimum absolute atomic E-state index is 0.0976. The smallest absolute Gasteiger partial charge is 0.331 e. The maximum absolute atomic E-state index is 13.4. The van der Waals surface area contributed by atoms with Gasteiger partial charge < -0.3 is 14.4 Å². The van der Waals surface area contributed by atoms with Gasteiger partial charge in [-0.2, -0.15) is 0 Å². The zero-order chi connectivity index (χ0) is 23.7. The Balaban J connectivity index is 1.95. The van der Waals surface area contributed by atoms with Gasteiger partial charge in [0.15, 0.2) is 0 Å². The van der Waals surface area contributed by atoms with Crippen molar-refractivity contribution in [1.29, 1.82) is 0 Å². The summed E-state index contributed by atoms with van der Waals surface area (Å²) in [7, 11) is 1.59. The van der Waals surface area contributed by atoms with Crippen molar-refractivity contribution in [2.24, 2.45) is 7.05 Å². The number of hydrogen-bond acceptors (Lipinski definition) is 4. The quantitative estimate of drug-likeness (QED) is 0.393. The molecule has 2 aromatic carbocycles. The summed E-state index contributed by atoms with van der Waals surface area (Å²) in [4.78, 5) is 26.2. The number of hydrogen-bond donors (Lipinski definition) is 1. The van der Waals surface area contributed by atoms with Gasteiger partial charge in [0.25, 0.3) is 5.56 Å². The lowest BCUT2D eigenvalue weighted by atomic mass is 10.2. The molecule has 0 spiro atoms. The Kier molecular flexibility index (Phi) is 6.86. The van der Waals surface area contributed by atoms with Crippen molar-refractivity contribution in [2.45, 2.75) is 19.5 Å². The molecule has 0 atom stereocenters. The number of fused-ring (bicyclic) bond motifs is 1. The van der Waals surface area contributed by atoms with Crippen LogP contribution in [0.25, 0.3) is 11.0 Å². The van der Waals surface area contributed by atoms with Crippen LogP contribution in [0.4, 0.5) is 0 Å². The second-order valence-electron chi connectivity index (χ2n) is 7.46. The molecule has 172 valence electrons. The van der Waals surface area contributed by atoms with Crippen LogP contribution in [0.5, 0.6) is 11.6 Å². The van der Waals surface area contributed by atoms with Crippen molar-refractivity contribution in [3.8, 4) is 11.6 Å². The number of halogens is 3. The molecule has 4 aromatic rings. The molecule has 1 N–H and O–H groups in total. The standard InChI is InChI=1S/C23H20Cl3N3O4/c1-27-17-12-19(33-18-5-2-4-16(25)20(18)26)29(13-14-6-8-15(24)9-7-14)21(17)22(31)28(23(27)32)10-3-11-30/h2,4-9,12,30H,3,10-11,13H2,1H3. The van der Waals surface area contributed by atoms with Gasteiger partial charge in [-0.1, -0.05) is 53.0 Å². The maximum Gasteiger partial charge on any atom is 0.331 e. The highest BCUT2D eigenvalue weighted by molar-refractivity contribution is 6.42. The van der Waals surface area contributed by atoms with Gasteiger partial charge in [0.2, 0.25) is 5.88 Å². The number of aryl methyl sites for hydroxylation is 1. The van der Waals surface area contributed by atoms with Gasteiger partial charge in [-0.15, -0.1) is 0 Å². The lowest BCUT2D eigenvalue weighted by Gasteiger charge is -2.14. The van der Waals surface area contributed by atoms with E-state index in [1.807, 2.05) is 12.1 Å². The monoisotopic (exact) mass is 507 g/mol. The summed E-state index contributed by atoms with van der Waals surface area (Å²) in [6.07, 6.45) is 0.278. The fourth-order valence-corrected chi connectivity index (χ4v) is 4.06. The van der Waals surface area contributed by atoms with Gasteiger partial charge in [0.05, 0.1) is 17.1 Å². The van der Waals surface area contributed by atoms with E-state index < -0.39 is 11.2 Å². The maximum atomic E-state index is 13.4. The van der Waals surface area contributed by atoms with Crippen LogP contribution in [-0.2, 0) is 20.1 Å². The second kappa shape index (κ2) is 9.65. The third-order valence-electron chi connectivity index (χ3n) is 5.29. The van der Waals surface area contributed by atoms with Crippen LogP contribution in [0.1, 0.15) is 12.0 Å². The molecule has 7 nitrogen and oxygen atoms in total. The van der Waals surface area contributed by atoms with E-state index in [1.54, 1.807) is 48.0 Å². The Hall–Kier alpha value is -2.71. The van der Waals surface area contributed by atoms with Crippen LogP contribution < -0.4 is 16.0 Å². The van der Waals surface area contributed by atoms with Crippen molar-refractivity contribution in [3.63, 3.8) is 0 Å². The van der Waals surface area contributed by atoms with E-state index >= 15 is 0 Å². The Labute approximate surface area is 203 Å². The number of benzene rings is 2. The van der Waals surface area contributed by atoms with Crippen LogP contribution >= 0.6 is 34.8 Å². The van der Waals surface area contributed by atoms with Crippen LogP contribution in [-0.4, -0.2) is 25.4 Å². The highest BCUT2D eigenvalue weighted by Gasteiger charge is 2.21. The van der Waals surface area contributed by atoms with Crippen molar-refractivity contribution < 1.29 is 9.84 Å². The molecule has 2 aromatic heterocycles. The first-order valence-corrected chi connectivity index (χ1v) is 11.3. The number of ether oxygens (including phenoxy) is 1. The Morgan fingerprint density at radius 1 is 1.00 bits per heavy atom. The molecule has 0 saturated carbocycles. The van der Waals surface area contributed by atoms with E-state index in [0.29, 0.717) is 27.2 Å². The Bertz CT molecular complexity index is 1440. The molecule has 0 fully saturated rings. The van der Waals surface area contributed by atoms with Crippen LogP contribution in [0.2, 0.25) is 15.1 Å². The molecule has 0 radical (unpaired) electrons. The predicted molar refractivity (Wildman–Crippen MR) is 130 cm³/mol. The van der Waals surface area contributed by atoms with Gasteiger partial charge >= 0.3 is 5.69 Å². The molecule has 0 saturated heterocycles. The molecule has 4 rings (SSSR count). The normalized spacial score (nSPS) is 11.3. The Morgan fingerprint density at radius 2 is 1.73 bits per heavy atom. The molecule has 0 aliphatic heterocycles. The van der Waals surface area contributed by atoms with Crippen molar-refractivity contribution in [2.75, 3.05) is 6.61 Å². The molecule has 10 heteroatoms. The largest absolute Gasteiger partial charge is 0.439 e. The van der Waals surface area contributed by atoms with E-state index in [2.05, 4.69) is 0 Å². The summed E-state index contributed by atoms with van der Waals surface area (Å²) in [5.41, 5.74) is 0.624. The number of rotatable bonds is 7. The number of aromatic nitrogens is 3. The first-order valence-electron chi connectivity index (χ1n) is 10.1. The van der Waals surface area contributed by atoms with Crippen molar-refractivity contribution >= 4 is 45.8 Å². The van der Waals surface area contributed by atoms with E-state index in [-0.39, 0.29) is 36.7 Å². The first kappa shape index (κ1) is 23.4. The summed E-state index contributed by atoms with van der Waals surface area (Å²) < 4.78 is 10.3. The van der Waals surface area contributed by atoms with Crippen molar-refractivity contribution in [3.05, 3.63) is 90.0 Å². The summed E-state index contributed by atoms with van der Waals surface area (Å²) in [5.74, 6) is 0.631. The Morgan fingerprint density at radius 3 is 2.42 bits per heavy atom. The predicted octanol–water partition coefficient (Wildman–Crippen LogP) is 4.68. The van der Waals surface area contributed by atoms with Gasteiger partial charge in [-0.05, 0) is 36.2 Å². The van der Waals surface area contributed by atoms with Crippen LogP contribution in [0.3, 0.4) is 0 Å². The van der Waals surface area contributed by atoms with Gasteiger partial charge in [-0.3, -0.25) is 13.9 Å². The average Bonchev–Trinajstić information content (AvgIpc) is 3.15. The third kappa shape index (κ3) is 4.54. The lowest BCUT2D eigenvalue weighted by Crippen LogP contribution is -2.39. The third-order valence-corrected chi connectivity index (χ3v) is 6.34. The summed E-state index contributed by atoms with van der Waals surface area (Å²) >= 11 is 18.5. The van der Waals surface area contributed by atoms with E-state index in [4.69, 9.17) is 39.5 Å². The number of nitrogens with zero attached hydrogens (tertiary/aromatic N) is 3. The van der Waals surface area contributed by atoms with Gasteiger partial charge in [0.1, 0.15) is 16.3 Å². The summed E-state index contributed by atoms with van der Waals surface area (Å²) in [6.45, 7) is 0.239. The number of aliphatic hydroxyl groups excluding tert-OH is 1. The lowest BCUT2D eigenvalue weighted by molar-refractivity contribution is 0.277. The molecule has 2 heterocycles. The highest BCUT2D eigenvalue weighted by Crippen LogP contribution is 2.36. The molecule has 0 unspecified atom stereocenters. The molecule has 0 bridgehead atoms. The molecule has 33 heavy (non-hydrogen) atoms. The molecule has 0 aliphatic carbocycles. The fraction of sp³-hybridized carbons (Fsp3) is 0.217. The van der Waals surface area contributed by atoms with Crippen molar-refractivity contribution in [1.82, 2.24) is 13.7 Å². The first-order chi connectivity index (χ1) is 15.8. The van der Waals surface area contributed by atoms with Crippen LogP contribution in [0.15, 0.2) is 58.1 Å². The van der Waals surface area contributed by atoms with Crippen LogP contribution in [0, 0.1) is 0 Å². The average molecular weight is 509 g/mol. The minimum atomic E-state index is -0.475. The fourth-order valence-electron chi connectivity index (χ4n) is 3.61. The zero-order valence-corrected chi connectivity index (χ0v) is 19.9. The van der Waals surface area contributed by atoms with E-state index in [1.165, 1.54) is 4.57 Å². The molecular weight excluding hydrogens is 489 g/mol.